The fourth-order valence-corrected chi connectivity index (χ4v) is 4.71. The Labute approximate surface area is 205 Å². The summed E-state index contributed by atoms with van der Waals surface area (Å²) in [4.78, 5) is 24.1. The summed E-state index contributed by atoms with van der Waals surface area (Å²) in [6.45, 7) is 0. The molecule has 0 radical (unpaired) electrons. The van der Waals surface area contributed by atoms with E-state index >= 15 is 0 Å². The van der Waals surface area contributed by atoms with E-state index in [1.807, 2.05) is 30.3 Å². The molecule has 2 N–H and O–H groups in total. The van der Waals surface area contributed by atoms with Crippen molar-refractivity contribution in [3.63, 3.8) is 0 Å². The van der Waals surface area contributed by atoms with Gasteiger partial charge in [-0.1, -0.05) is 54.6 Å². The number of nitrogens with zero attached hydrogens (tertiary/aromatic N) is 1. The van der Waals surface area contributed by atoms with E-state index in [4.69, 9.17) is 17.0 Å². The molecule has 7 nitrogen and oxygen atoms in total. The number of nitro groups is 1. The minimum atomic E-state index is -0.461. The summed E-state index contributed by atoms with van der Waals surface area (Å²) < 4.78 is 4.92. The Bertz CT molecular complexity index is 1350. The summed E-state index contributed by atoms with van der Waals surface area (Å²) in [7, 11) is 1.33. The van der Waals surface area contributed by atoms with Crippen LogP contribution in [0.25, 0.3) is 21.6 Å². The minimum absolute atomic E-state index is 0.0441. The lowest BCUT2D eigenvalue weighted by molar-refractivity contribution is -0.384. The molecule has 9 heteroatoms. The van der Waals surface area contributed by atoms with Crippen LogP contribution < -0.4 is 10.6 Å². The Morgan fingerprint density at radius 2 is 1.62 bits per heavy atom. The topological polar surface area (TPSA) is 93.5 Å². The number of thiophene rings is 1. The number of thiocarbonyl (C=S) groups is 1. The van der Waals surface area contributed by atoms with Gasteiger partial charge < -0.3 is 15.4 Å². The van der Waals surface area contributed by atoms with Crippen molar-refractivity contribution in [1.82, 2.24) is 0 Å². The van der Waals surface area contributed by atoms with E-state index in [2.05, 4.69) is 10.6 Å². The standard InChI is InChI=1S/C25H19N3O4S2/c1-32-24(29)20-15-22(17-7-3-2-4-8-17)34-23(20)27-25(33)26-18-13-11-16(12-14-18)19-9-5-6-10-21(19)28(30)31/h2-15H,1H3,(H2,26,27,33). The molecule has 0 spiro atoms. The first kappa shape index (κ1) is 23.1. The lowest BCUT2D eigenvalue weighted by Crippen LogP contribution is -2.19. The molecule has 170 valence electrons. The predicted molar refractivity (Wildman–Crippen MR) is 139 cm³/mol. The lowest BCUT2D eigenvalue weighted by atomic mass is 10.0. The highest BCUT2D eigenvalue weighted by Crippen LogP contribution is 2.36. The van der Waals surface area contributed by atoms with Crippen molar-refractivity contribution in [2.24, 2.45) is 0 Å². The number of ether oxygens (including phenoxy) is 1. The maximum absolute atomic E-state index is 12.3. The zero-order valence-electron chi connectivity index (χ0n) is 18.0. The van der Waals surface area contributed by atoms with Crippen LogP contribution in [0.2, 0.25) is 0 Å². The highest BCUT2D eigenvalue weighted by atomic mass is 32.1. The van der Waals surface area contributed by atoms with Crippen LogP contribution in [0.3, 0.4) is 0 Å². The van der Waals surface area contributed by atoms with E-state index in [-0.39, 0.29) is 5.69 Å². The minimum Gasteiger partial charge on any atom is -0.465 e. The Kier molecular flexibility index (Phi) is 6.95. The largest absolute Gasteiger partial charge is 0.465 e. The van der Waals surface area contributed by atoms with Crippen molar-refractivity contribution in [2.45, 2.75) is 0 Å². The van der Waals surface area contributed by atoms with Gasteiger partial charge in [0.25, 0.3) is 5.69 Å². The van der Waals surface area contributed by atoms with E-state index in [1.165, 1.54) is 24.5 Å². The van der Waals surface area contributed by atoms with Crippen molar-refractivity contribution < 1.29 is 14.5 Å². The number of carbonyl (C=O) groups is 1. The van der Waals surface area contributed by atoms with Crippen LogP contribution in [-0.2, 0) is 4.74 Å². The molecule has 0 fully saturated rings. The van der Waals surface area contributed by atoms with Gasteiger partial charge in [0.1, 0.15) is 5.00 Å². The maximum Gasteiger partial charge on any atom is 0.340 e. The molecule has 0 amide bonds. The number of esters is 1. The average molecular weight is 490 g/mol. The number of anilines is 2. The number of rotatable bonds is 6. The first-order valence-electron chi connectivity index (χ1n) is 10.2. The summed E-state index contributed by atoms with van der Waals surface area (Å²) in [6, 6.07) is 25.2. The quantitative estimate of drug-likeness (QED) is 0.137. The molecular weight excluding hydrogens is 470 g/mol. The third kappa shape index (κ3) is 5.11. The summed E-state index contributed by atoms with van der Waals surface area (Å²) in [5.41, 5.74) is 3.37. The fraction of sp³-hybridized carbons (Fsp3) is 0.0400. The van der Waals surface area contributed by atoms with Gasteiger partial charge in [0, 0.05) is 16.6 Å². The average Bonchev–Trinajstić information content (AvgIpc) is 3.28. The van der Waals surface area contributed by atoms with Gasteiger partial charge in [0.05, 0.1) is 23.2 Å². The fourth-order valence-electron chi connectivity index (χ4n) is 3.37. The number of para-hydroxylation sites is 1. The molecule has 0 aliphatic carbocycles. The summed E-state index contributed by atoms with van der Waals surface area (Å²) in [6.07, 6.45) is 0. The SMILES string of the molecule is COC(=O)c1cc(-c2ccccc2)sc1NC(=S)Nc1ccc(-c2ccccc2[N+](=O)[O-])cc1. The molecule has 4 aromatic rings. The third-order valence-corrected chi connectivity index (χ3v) is 6.28. The summed E-state index contributed by atoms with van der Waals surface area (Å²) in [5.74, 6) is -0.461. The van der Waals surface area contributed by atoms with Crippen LogP contribution in [0.1, 0.15) is 10.4 Å². The van der Waals surface area contributed by atoms with Gasteiger partial charge in [0.15, 0.2) is 5.11 Å². The summed E-state index contributed by atoms with van der Waals surface area (Å²) in [5, 5.41) is 18.3. The molecule has 0 aliphatic heterocycles. The van der Waals surface area contributed by atoms with Gasteiger partial charge in [-0.2, -0.15) is 0 Å². The lowest BCUT2D eigenvalue weighted by Gasteiger charge is -2.11. The molecule has 0 aliphatic rings. The van der Waals surface area contributed by atoms with Crippen LogP contribution in [0.5, 0.6) is 0 Å². The van der Waals surface area contributed by atoms with Crippen LogP contribution >= 0.6 is 23.6 Å². The second kappa shape index (κ2) is 10.2. The van der Waals surface area contributed by atoms with Crippen LogP contribution in [0.4, 0.5) is 16.4 Å². The second-order valence-electron chi connectivity index (χ2n) is 7.14. The zero-order chi connectivity index (χ0) is 24.1. The van der Waals surface area contributed by atoms with E-state index < -0.39 is 10.9 Å². The molecule has 0 bridgehead atoms. The van der Waals surface area contributed by atoms with Crippen molar-refractivity contribution >= 4 is 51.0 Å². The first-order valence-corrected chi connectivity index (χ1v) is 11.4. The monoisotopic (exact) mass is 489 g/mol. The van der Waals surface area contributed by atoms with Crippen molar-refractivity contribution in [1.29, 1.82) is 0 Å². The Hall–Kier alpha value is -4.08. The van der Waals surface area contributed by atoms with Crippen molar-refractivity contribution in [2.75, 3.05) is 17.7 Å². The van der Waals surface area contributed by atoms with Crippen molar-refractivity contribution in [3.8, 4) is 21.6 Å². The van der Waals surface area contributed by atoms with Gasteiger partial charge in [-0.3, -0.25) is 10.1 Å². The number of benzene rings is 3. The molecule has 34 heavy (non-hydrogen) atoms. The van der Waals surface area contributed by atoms with Gasteiger partial charge in [-0.05, 0) is 47.6 Å². The Morgan fingerprint density at radius 1 is 0.941 bits per heavy atom. The van der Waals surface area contributed by atoms with Crippen molar-refractivity contribution in [3.05, 3.63) is 101 Å². The molecule has 0 saturated carbocycles. The molecular formula is C25H19N3O4S2. The molecule has 0 unspecified atom stereocenters. The second-order valence-corrected chi connectivity index (χ2v) is 8.60. The van der Waals surface area contributed by atoms with Crippen LogP contribution in [-0.4, -0.2) is 23.1 Å². The summed E-state index contributed by atoms with van der Waals surface area (Å²) >= 11 is 6.85. The van der Waals surface area contributed by atoms with Crippen LogP contribution in [0.15, 0.2) is 84.9 Å². The van der Waals surface area contributed by atoms with E-state index in [9.17, 15) is 14.9 Å². The molecule has 3 aromatic carbocycles. The number of nitrogens with one attached hydrogen (secondary N) is 2. The highest BCUT2D eigenvalue weighted by Gasteiger charge is 2.19. The molecule has 0 saturated heterocycles. The highest BCUT2D eigenvalue weighted by molar-refractivity contribution is 7.80. The zero-order valence-corrected chi connectivity index (χ0v) is 19.6. The van der Waals surface area contributed by atoms with E-state index in [0.717, 1.165) is 16.0 Å². The molecule has 1 heterocycles. The van der Waals surface area contributed by atoms with Gasteiger partial charge in [-0.15, -0.1) is 11.3 Å². The molecule has 4 rings (SSSR count). The van der Waals surface area contributed by atoms with Gasteiger partial charge >= 0.3 is 5.97 Å². The molecule has 1 aromatic heterocycles. The van der Waals surface area contributed by atoms with E-state index in [1.54, 1.807) is 48.5 Å². The predicted octanol–water partition coefficient (Wildman–Crippen LogP) is 6.59. The number of methoxy groups -OCH3 is 1. The maximum atomic E-state index is 12.3. The number of carbonyl (C=O) groups excluding carboxylic acids is 1. The molecule has 0 atom stereocenters. The number of hydrogen-bond acceptors (Lipinski definition) is 6. The third-order valence-electron chi connectivity index (χ3n) is 4.98. The smallest absolute Gasteiger partial charge is 0.340 e. The van der Waals surface area contributed by atoms with Gasteiger partial charge in [-0.25, -0.2) is 4.79 Å². The Morgan fingerprint density at radius 3 is 2.29 bits per heavy atom. The van der Waals surface area contributed by atoms with Gasteiger partial charge in [0.2, 0.25) is 0 Å². The van der Waals surface area contributed by atoms with Crippen LogP contribution in [0, 0.1) is 10.1 Å². The first-order chi connectivity index (χ1) is 16.5. The van der Waals surface area contributed by atoms with E-state index in [0.29, 0.717) is 26.9 Å². The number of nitro benzene ring substituents is 1. The normalized spacial score (nSPS) is 10.4. The number of hydrogen-bond donors (Lipinski definition) is 2. The Balaban J connectivity index is 1.51.